The van der Waals surface area contributed by atoms with Gasteiger partial charge in [0.25, 0.3) is 0 Å². The summed E-state index contributed by atoms with van der Waals surface area (Å²) < 4.78 is 8.88. The third-order valence-electron chi connectivity index (χ3n) is 0.487. The fraction of sp³-hybridized carbons (Fsp3) is 1.00. The standard InChI is InChI=1S/C4H9Br.Na.H3O4P.H/c1-2-3-4-5;;1-5(2,3)4;/h2-4H2,1H3;;(H3,1,2,3,4);. The zero-order valence-electron chi connectivity index (χ0n) is 5.70. The van der Waals surface area contributed by atoms with E-state index in [0.29, 0.717) is 0 Å². The number of rotatable bonds is 2. The number of hydrogen-bond acceptors (Lipinski definition) is 1. The van der Waals surface area contributed by atoms with Gasteiger partial charge in [-0.15, -0.1) is 0 Å². The van der Waals surface area contributed by atoms with Crippen LogP contribution in [0.15, 0.2) is 0 Å². The molecule has 0 aromatic carbocycles. The zero-order valence-corrected chi connectivity index (χ0v) is 8.18. The quantitative estimate of drug-likeness (QED) is 0.385. The topological polar surface area (TPSA) is 77.8 Å². The molecule has 0 saturated carbocycles. The first kappa shape index (κ1) is 18.4. The molecule has 3 N–H and O–H groups in total. The maximum absolute atomic E-state index is 8.88. The Kier molecular flexibility index (Phi) is 19.4. The molecule has 0 fully saturated rings. The van der Waals surface area contributed by atoms with E-state index in [1.165, 1.54) is 12.8 Å². The van der Waals surface area contributed by atoms with E-state index in [4.69, 9.17) is 19.2 Å². The molecule has 0 aromatic heterocycles. The Bertz CT molecular complexity index is 96.0. The van der Waals surface area contributed by atoms with E-state index in [9.17, 15) is 0 Å². The Morgan fingerprint density at radius 1 is 1.36 bits per heavy atom. The molecule has 0 unspecified atom stereocenters. The molecule has 66 valence electrons. The van der Waals surface area contributed by atoms with Crippen LogP contribution in [0.1, 0.15) is 19.8 Å². The van der Waals surface area contributed by atoms with Crippen molar-refractivity contribution >= 4 is 53.3 Å². The Hall–Kier alpha value is 1.59. The first-order chi connectivity index (χ1) is 4.41. The number of unbranched alkanes of at least 4 members (excludes halogenated alkanes) is 1. The van der Waals surface area contributed by atoms with Crippen LogP contribution in [-0.2, 0) is 4.57 Å². The summed E-state index contributed by atoms with van der Waals surface area (Å²) >= 11 is 3.31. The average molecular weight is 259 g/mol. The summed E-state index contributed by atoms with van der Waals surface area (Å²) in [6.45, 7) is 2.18. The Labute approximate surface area is 97.1 Å². The molecule has 0 rings (SSSR count). The molecule has 0 aliphatic carbocycles. The molecular weight excluding hydrogens is 246 g/mol. The predicted molar refractivity (Wildman–Crippen MR) is 50.1 cm³/mol. The van der Waals surface area contributed by atoms with Gasteiger partial charge in [-0.2, -0.15) is 0 Å². The van der Waals surface area contributed by atoms with Gasteiger partial charge in [0.1, 0.15) is 0 Å². The van der Waals surface area contributed by atoms with Gasteiger partial charge < -0.3 is 14.7 Å². The second-order valence-electron chi connectivity index (χ2n) is 1.56. The number of hydrogen-bond donors (Lipinski definition) is 3. The second kappa shape index (κ2) is 11.6. The SMILES string of the molecule is CCCCBr.O=P(O)(O)O.[NaH]. The minimum atomic E-state index is -4.64. The summed E-state index contributed by atoms with van der Waals surface area (Å²) in [6, 6.07) is 0. The molecule has 0 aliphatic rings. The van der Waals surface area contributed by atoms with Crippen molar-refractivity contribution in [2.24, 2.45) is 0 Å². The Morgan fingerprint density at radius 3 is 1.64 bits per heavy atom. The van der Waals surface area contributed by atoms with Crippen LogP contribution in [0.5, 0.6) is 0 Å². The van der Waals surface area contributed by atoms with Crippen molar-refractivity contribution < 1.29 is 19.2 Å². The predicted octanol–water partition coefficient (Wildman–Crippen LogP) is 0.604. The van der Waals surface area contributed by atoms with Crippen molar-refractivity contribution in [1.82, 2.24) is 0 Å². The molecule has 0 heterocycles. The third kappa shape index (κ3) is 82.7. The molecule has 0 amide bonds. The average Bonchev–Trinajstić information content (AvgIpc) is 1.63. The van der Waals surface area contributed by atoms with Crippen LogP contribution in [0.25, 0.3) is 0 Å². The molecule has 0 spiro atoms. The molecular formula is C4H13BrNaO4P. The number of phosphoric acid groups is 1. The maximum atomic E-state index is 8.88. The molecule has 0 aliphatic heterocycles. The van der Waals surface area contributed by atoms with Gasteiger partial charge in [0, 0.05) is 5.33 Å². The van der Waals surface area contributed by atoms with Gasteiger partial charge in [-0.05, 0) is 6.42 Å². The van der Waals surface area contributed by atoms with Crippen LogP contribution in [-0.4, -0.2) is 49.6 Å². The van der Waals surface area contributed by atoms with Gasteiger partial charge in [0.15, 0.2) is 0 Å². The van der Waals surface area contributed by atoms with Gasteiger partial charge in [-0.25, -0.2) is 4.57 Å². The fourth-order valence-electron chi connectivity index (χ4n) is 0.134. The van der Waals surface area contributed by atoms with E-state index >= 15 is 0 Å². The summed E-state index contributed by atoms with van der Waals surface area (Å²) in [5.41, 5.74) is 0. The van der Waals surface area contributed by atoms with Crippen molar-refractivity contribution in [2.45, 2.75) is 19.8 Å². The first-order valence-corrected chi connectivity index (χ1v) is 5.44. The third-order valence-corrected chi connectivity index (χ3v) is 1.05. The number of halogens is 1. The molecule has 0 atom stereocenters. The normalized spacial score (nSPS) is 9.18. The fourth-order valence-corrected chi connectivity index (χ4v) is 0.694. The second-order valence-corrected chi connectivity index (χ2v) is 3.38. The van der Waals surface area contributed by atoms with E-state index < -0.39 is 7.82 Å². The van der Waals surface area contributed by atoms with Crippen LogP contribution >= 0.6 is 23.8 Å². The summed E-state index contributed by atoms with van der Waals surface area (Å²) in [4.78, 5) is 21.6. The monoisotopic (exact) mass is 258 g/mol. The van der Waals surface area contributed by atoms with Crippen LogP contribution < -0.4 is 0 Å². The van der Waals surface area contributed by atoms with Crippen LogP contribution in [0.2, 0.25) is 0 Å². The van der Waals surface area contributed by atoms with Crippen molar-refractivity contribution in [3.63, 3.8) is 0 Å². The molecule has 0 aromatic rings. The first-order valence-electron chi connectivity index (χ1n) is 2.76. The van der Waals surface area contributed by atoms with Gasteiger partial charge >= 0.3 is 37.4 Å². The number of alkyl halides is 1. The van der Waals surface area contributed by atoms with E-state index in [2.05, 4.69) is 22.9 Å². The van der Waals surface area contributed by atoms with Gasteiger partial charge in [0.05, 0.1) is 0 Å². The Morgan fingerprint density at radius 2 is 1.64 bits per heavy atom. The van der Waals surface area contributed by atoms with E-state index in [-0.39, 0.29) is 29.6 Å². The molecule has 7 heteroatoms. The summed E-state index contributed by atoms with van der Waals surface area (Å²) in [6.07, 6.45) is 2.60. The summed E-state index contributed by atoms with van der Waals surface area (Å²) in [5, 5.41) is 1.16. The van der Waals surface area contributed by atoms with Crippen molar-refractivity contribution in [1.29, 1.82) is 0 Å². The van der Waals surface area contributed by atoms with Crippen LogP contribution in [0.3, 0.4) is 0 Å². The summed E-state index contributed by atoms with van der Waals surface area (Å²) in [5.74, 6) is 0. The van der Waals surface area contributed by atoms with E-state index in [1.807, 2.05) is 0 Å². The molecule has 11 heavy (non-hydrogen) atoms. The van der Waals surface area contributed by atoms with Gasteiger partial charge in [-0.3, -0.25) is 0 Å². The van der Waals surface area contributed by atoms with E-state index in [0.717, 1.165) is 5.33 Å². The Balaban J connectivity index is -0.000000107. The van der Waals surface area contributed by atoms with Crippen LogP contribution in [0, 0.1) is 0 Å². The van der Waals surface area contributed by atoms with Gasteiger partial charge in [0.2, 0.25) is 0 Å². The minimum absolute atomic E-state index is 0. The van der Waals surface area contributed by atoms with Crippen molar-refractivity contribution in [3.8, 4) is 0 Å². The molecule has 0 radical (unpaired) electrons. The molecule has 4 nitrogen and oxygen atoms in total. The van der Waals surface area contributed by atoms with Gasteiger partial charge in [-0.1, -0.05) is 29.3 Å². The zero-order chi connectivity index (χ0) is 8.62. The van der Waals surface area contributed by atoms with Crippen LogP contribution in [0.4, 0.5) is 0 Å². The molecule has 0 bridgehead atoms. The molecule has 0 saturated heterocycles. The van der Waals surface area contributed by atoms with Crippen molar-refractivity contribution in [3.05, 3.63) is 0 Å². The van der Waals surface area contributed by atoms with E-state index in [1.54, 1.807) is 0 Å². The van der Waals surface area contributed by atoms with Crippen molar-refractivity contribution in [2.75, 3.05) is 5.33 Å². The summed E-state index contributed by atoms with van der Waals surface area (Å²) in [7, 11) is -4.64.